The molecule has 3 fully saturated rings. The summed E-state index contributed by atoms with van der Waals surface area (Å²) in [7, 11) is 2.16. The lowest BCUT2D eigenvalue weighted by molar-refractivity contribution is -0.134. The highest BCUT2D eigenvalue weighted by atomic mass is 35.5. The summed E-state index contributed by atoms with van der Waals surface area (Å²) < 4.78 is 4.31. The number of carbonyl (C=O) groups is 2. The molecular weight excluding hydrogens is 692 g/mol. The van der Waals surface area contributed by atoms with E-state index >= 15 is 0 Å². The van der Waals surface area contributed by atoms with E-state index < -0.39 is 11.1 Å². The lowest BCUT2D eigenvalue weighted by atomic mass is 9.79. The Bertz CT molecular complexity index is 2180. The van der Waals surface area contributed by atoms with Crippen molar-refractivity contribution in [2.75, 3.05) is 43.4 Å². The SMILES string of the molecule is CN1CCN(c2ccc(Nc3ncc4cc5n(c4n3)C3(CCCCC3)C(=O)NC5)nc2)CC1.O=C1NCc2cc3cnc(Cl)nc3n2C12CCCCC2. The summed E-state index contributed by atoms with van der Waals surface area (Å²) in [5.74, 6) is 1.46. The highest BCUT2D eigenvalue weighted by Crippen LogP contribution is 2.42. The van der Waals surface area contributed by atoms with Crippen molar-refractivity contribution < 1.29 is 9.59 Å². The molecule has 3 aliphatic heterocycles. The van der Waals surface area contributed by atoms with Crippen LogP contribution in [-0.4, -0.2) is 84.0 Å². The average molecular weight is 737 g/mol. The van der Waals surface area contributed by atoms with Crippen molar-refractivity contribution in [1.82, 2.24) is 49.6 Å². The van der Waals surface area contributed by atoms with Gasteiger partial charge in [0.1, 0.15) is 28.2 Å². The lowest BCUT2D eigenvalue weighted by Gasteiger charge is -2.41. The van der Waals surface area contributed by atoms with E-state index in [2.05, 4.69) is 80.1 Å². The standard InChI is InChI=1S/C24H30N8O.C14H15ClN4O/c1-30-9-11-31(12-10-30)18-5-6-20(25-15-18)28-23-27-14-17-13-19-16-26-22(33)24(7-3-2-4-8-24)32(19)21(17)29-23;15-13-17-7-9-6-10-8-16-12(20)14(4-2-1-3-5-14)19(10)11(9)18-13/h5-6,13-15H,2-4,7-12,16H2,1H3,(H,26,33)(H,25,27,28,29);6-7H,1-5,8H2,(H,16,20). The zero-order chi connectivity index (χ0) is 36.2. The van der Waals surface area contributed by atoms with E-state index in [9.17, 15) is 9.59 Å². The second-order valence-corrected chi connectivity index (χ2v) is 15.5. The molecule has 5 aliphatic rings. The number of amides is 2. The van der Waals surface area contributed by atoms with Crippen LogP contribution in [0.2, 0.25) is 5.28 Å². The van der Waals surface area contributed by atoms with Gasteiger partial charge in [0.15, 0.2) is 0 Å². The molecule has 2 spiro atoms. The van der Waals surface area contributed by atoms with Gasteiger partial charge < -0.3 is 34.9 Å². The maximum atomic E-state index is 13.0. The molecule has 2 aliphatic carbocycles. The summed E-state index contributed by atoms with van der Waals surface area (Å²) in [6.45, 7) is 5.24. The van der Waals surface area contributed by atoms with Gasteiger partial charge in [-0.1, -0.05) is 38.5 Å². The number of rotatable bonds is 3. The van der Waals surface area contributed by atoms with Crippen molar-refractivity contribution in [3.8, 4) is 0 Å². The highest BCUT2D eigenvalue weighted by molar-refractivity contribution is 6.28. The second kappa shape index (κ2) is 13.5. The zero-order valence-corrected chi connectivity index (χ0v) is 30.8. The minimum Gasteiger partial charge on any atom is -0.368 e. The van der Waals surface area contributed by atoms with Gasteiger partial charge in [0.05, 0.1) is 25.0 Å². The molecule has 10 rings (SSSR count). The van der Waals surface area contributed by atoms with Crippen LogP contribution in [-0.2, 0) is 33.8 Å². The molecule has 1 saturated heterocycles. The molecule has 2 amide bonds. The van der Waals surface area contributed by atoms with Crippen molar-refractivity contribution in [3.05, 3.63) is 59.5 Å². The Morgan fingerprint density at radius 3 is 1.83 bits per heavy atom. The van der Waals surface area contributed by atoms with Crippen LogP contribution in [0.25, 0.3) is 22.1 Å². The van der Waals surface area contributed by atoms with Crippen molar-refractivity contribution in [2.24, 2.45) is 0 Å². The number of aromatic nitrogens is 7. The number of nitrogens with zero attached hydrogens (tertiary/aromatic N) is 9. The predicted molar refractivity (Wildman–Crippen MR) is 203 cm³/mol. The van der Waals surface area contributed by atoms with Crippen molar-refractivity contribution in [1.29, 1.82) is 0 Å². The number of hydrogen-bond donors (Lipinski definition) is 3. The number of carbonyl (C=O) groups excluding carboxylic acids is 2. The van der Waals surface area contributed by atoms with Crippen LogP contribution in [0, 0.1) is 0 Å². The highest BCUT2D eigenvalue weighted by Gasteiger charge is 2.47. The van der Waals surface area contributed by atoms with Crippen LogP contribution < -0.4 is 20.9 Å². The molecule has 0 radical (unpaired) electrons. The Morgan fingerprint density at radius 2 is 1.26 bits per heavy atom. The summed E-state index contributed by atoms with van der Waals surface area (Å²) in [6.07, 6.45) is 15.6. The first kappa shape index (κ1) is 34.0. The first-order valence-corrected chi connectivity index (χ1v) is 19.4. The number of pyridine rings is 1. The monoisotopic (exact) mass is 736 g/mol. The summed E-state index contributed by atoms with van der Waals surface area (Å²) >= 11 is 5.95. The molecule has 5 aromatic heterocycles. The molecule has 3 N–H and O–H groups in total. The Kier molecular flexibility index (Phi) is 8.69. The Labute approximate surface area is 312 Å². The maximum Gasteiger partial charge on any atom is 0.246 e. The molecule has 53 heavy (non-hydrogen) atoms. The maximum absolute atomic E-state index is 13.0. The molecule has 5 aromatic rings. The Hall–Kier alpha value is -4.82. The van der Waals surface area contributed by atoms with Gasteiger partial charge in [-0.3, -0.25) is 9.59 Å². The van der Waals surface area contributed by atoms with Gasteiger partial charge in [0.2, 0.25) is 23.0 Å². The third-order valence-electron chi connectivity index (χ3n) is 12.0. The van der Waals surface area contributed by atoms with Gasteiger partial charge in [0, 0.05) is 60.7 Å². The minimum atomic E-state index is -0.526. The smallest absolute Gasteiger partial charge is 0.246 e. The molecule has 8 heterocycles. The summed E-state index contributed by atoms with van der Waals surface area (Å²) in [5, 5.41) is 11.6. The summed E-state index contributed by atoms with van der Waals surface area (Å²) in [6, 6.07) is 8.24. The first-order chi connectivity index (χ1) is 25.8. The summed E-state index contributed by atoms with van der Waals surface area (Å²) in [4.78, 5) is 52.7. The lowest BCUT2D eigenvalue weighted by Crippen LogP contribution is -2.54. The van der Waals surface area contributed by atoms with Gasteiger partial charge in [-0.2, -0.15) is 9.97 Å². The van der Waals surface area contributed by atoms with E-state index in [4.69, 9.17) is 16.6 Å². The number of anilines is 3. The van der Waals surface area contributed by atoms with Crippen molar-refractivity contribution in [3.63, 3.8) is 0 Å². The van der Waals surface area contributed by atoms with Gasteiger partial charge in [0.25, 0.3) is 0 Å². The van der Waals surface area contributed by atoms with E-state index in [-0.39, 0.29) is 17.1 Å². The molecule has 0 unspecified atom stereocenters. The second-order valence-electron chi connectivity index (χ2n) is 15.2. The number of hydrogen-bond acceptors (Lipinski definition) is 10. The number of nitrogens with one attached hydrogen (secondary N) is 3. The third-order valence-corrected chi connectivity index (χ3v) is 12.2. The predicted octanol–water partition coefficient (Wildman–Crippen LogP) is 4.98. The molecule has 276 valence electrons. The third kappa shape index (κ3) is 5.95. The van der Waals surface area contributed by atoms with Crippen molar-refractivity contribution in [2.45, 2.75) is 88.4 Å². The molecule has 2 saturated carbocycles. The van der Waals surface area contributed by atoms with E-state index in [1.807, 2.05) is 18.5 Å². The molecule has 0 bridgehead atoms. The van der Waals surface area contributed by atoms with E-state index in [1.54, 1.807) is 6.20 Å². The Balaban J connectivity index is 0.000000158. The van der Waals surface area contributed by atoms with E-state index in [0.717, 1.165) is 117 Å². The minimum absolute atomic E-state index is 0.122. The van der Waals surface area contributed by atoms with Crippen LogP contribution in [0.1, 0.15) is 75.6 Å². The van der Waals surface area contributed by atoms with Gasteiger partial charge >= 0.3 is 0 Å². The number of fused-ring (bicyclic) bond motifs is 8. The van der Waals surface area contributed by atoms with Crippen LogP contribution in [0.15, 0.2) is 42.9 Å². The number of piperazine rings is 1. The van der Waals surface area contributed by atoms with E-state index in [0.29, 0.717) is 24.9 Å². The van der Waals surface area contributed by atoms with Crippen LogP contribution >= 0.6 is 11.6 Å². The van der Waals surface area contributed by atoms with Gasteiger partial charge in [-0.15, -0.1) is 0 Å². The fourth-order valence-electron chi connectivity index (χ4n) is 9.22. The fraction of sp³-hybridized carbons (Fsp3) is 0.500. The van der Waals surface area contributed by atoms with Gasteiger partial charge in [-0.25, -0.2) is 15.0 Å². The quantitative estimate of drug-likeness (QED) is 0.216. The molecule has 0 atom stereocenters. The van der Waals surface area contributed by atoms with Gasteiger partial charge in [-0.05, 0) is 68.6 Å². The largest absolute Gasteiger partial charge is 0.368 e. The molecule has 0 aromatic carbocycles. The topological polar surface area (TPSA) is 151 Å². The molecule has 14 nitrogen and oxygen atoms in total. The number of halogens is 1. The normalized spacial score (nSPS) is 20.8. The van der Waals surface area contributed by atoms with E-state index in [1.165, 1.54) is 12.8 Å². The Morgan fingerprint density at radius 1 is 0.698 bits per heavy atom. The first-order valence-electron chi connectivity index (χ1n) is 19.0. The van der Waals surface area contributed by atoms with Crippen LogP contribution in [0.3, 0.4) is 0 Å². The zero-order valence-electron chi connectivity index (χ0n) is 30.1. The van der Waals surface area contributed by atoms with Crippen LogP contribution in [0.5, 0.6) is 0 Å². The van der Waals surface area contributed by atoms with Crippen LogP contribution in [0.4, 0.5) is 17.5 Å². The number of likely N-dealkylation sites (N-methyl/N-ethyl adjacent to an activating group) is 1. The summed E-state index contributed by atoms with van der Waals surface area (Å²) in [5.41, 5.74) is 3.94. The molecular formula is C38H45ClN12O2. The fourth-order valence-corrected chi connectivity index (χ4v) is 9.34. The average Bonchev–Trinajstić information content (AvgIpc) is 3.75. The molecule has 15 heteroatoms. The van der Waals surface area contributed by atoms with Crippen molar-refractivity contribution >= 4 is 62.9 Å².